The number of para-hydroxylation sites is 1. The molecule has 0 atom stereocenters. The zero-order valence-electron chi connectivity index (χ0n) is 9.71. The van der Waals surface area contributed by atoms with E-state index >= 15 is 0 Å². The van der Waals surface area contributed by atoms with Crippen LogP contribution in [0.5, 0.6) is 5.75 Å². The van der Waals surface area contributed by atoms with Crippen LogP contribution in [-0.2, 0) is 6.42 Å². The first-order chi connectivity index (χ1) is 8.79. The summed E-state index contributed by atoms with van der Waals surface area (Å²) in [6.07, 6.45) is 1.98. The number of aromatic nitrogens is 2. The van der Waals surface area contributed by atoms with Crippen LogP contribution in [0.4, 0.5) is 5.82 Å². The van der Waals surface area contributed by atoms with Crippen molar-refractivity contribution in [3.8, 4) is 11.8 Å². The lowest BCUT2D eigenvalue weighted by atomic mass is 10.3. The summed E-state index contributed by atoms with van der Waals surface area (Å²) in [7, 11) is 0. The van der Waals surface area contributed by atoms with Gasteiger partial charge in [0.2, 0.25) is 0 Å². The van der Waals surface area contributed by atoms with Crippen molar-refractivity contribution in [2.24, 2.45) is 0 Å². The number of hydrogen-bond donors (Lipinski definition) is 1. The fourth-order valence-corrected chi connectivity index (χ4v) is 1.42. The second kappa shape index (κ2) is 5.64. The van der Waals surface area contributed by atoms with Gasteiger partial charge >= 0.3 is 0 Å². The predicted molar refractivity (Wildman–Crippen MR) is 66.8 cm³/mol. The average molecular weight is 240 g/mol. The number of benzene rings is 1. The number of rotatable bonds is 4. The molecule has 0 spiro atoms. The lowest BCUT2D eigenvalue weighted by Gasteiger charge is -2.05. The second-order valence-corrected chi connectivity index (χ2v) is 3.61. The molecule has 0 bridgehead atoms. The molecule has 0 aliphatic heterocycles. The molecule has 2 aromatic rings. The number of anilines is 1. The van der Waals surface area contributed by atoms with Crippen molar-refractivity contribution in [1.29, 1.82) is 5.26 Å². The first-order valence-corrected chi connectivity index (χ1v) is 5.49. The molecule has 2 rings (SSSR count). The SMILES string of the molecule is N#Cc1cnc(CCOc2ccccc2)nc1N. The molecule has 0 saturated heterocycles. The highest BCUT2D eigenvalue weighted by molar-refractivity contribution is 5.46. The van der Waals surface area contributed by atoms with Gasteiger partial charge in [0, 0.05) is 6.42 Å². The predicted octanol–water partition coefficient (Wildman–Crippen LogP) is 1.55. The Kier molecular flexibility index (Phi) is 3.72. The Hall–Kier alpha value is -2.61. The fraction of sp³-hybridized carbons (Fsp3) is 0.154. The van der Waals surface area contributed by atoms with E-state index in [1.54, 1.807) is 0 Å². The molecular formula is C13H12N4O. The zero-order chi connectivity index (χ0) is 12.8. The highest BCUT2D eigenvalue weighted by Crippen LogP contribution is 2.09. The molecule has 0 unspecified atom stereocenters. The molecule has 90 valence electrons. The van der Waals surface area contributed by atoms with Crippen molar-refractivity contribution < 1.29 is 4.74 Å². The van der Waals surface area contributed by atoms with Gasteiger partial charge in [0.05, 0.1) is 12.8 Å². The molecule has 0 saturated carbocycles. The normalized spacial score (nSPS) is 9.72. The second-order valence-electron chi connectivity index (χ2n) is 3.61. The molecule has 0 aliphatic rings. The molecule has 0 amide bonds. The highest BCUT2D eigenvalue weighted by atomic mass is 16.5. The maximum absolute atomic E-state index is 8.70. The van der Waals surface area contributed by atoms with Crippen molar-refractivity contribution in [2.75, 3.05) is 12.3 Å². The third kappa shape index (κ3) is 2.95. The van der Waals surface area contributed by atoms with E-state index in [1.165, 1.54) is 6.20 Å². The number of nitriles is 1. The van der Waals surface area contributed by atoms with Gasteiger partial charge in [-0.1, -0.05) is 18.2 Å². The van der Waals surface area contributed by atoms with E-state index in [4.69, 9.17) is 15.7 Å². The summed E-state index contributed by atoms with van der Waals surface area (Å²) in [6.45, 7) is 0.468. The monoisotopic (exact) mass is 240 g/mol. The molecule has 1 aromatic carbocycles. The summed E-state index contributed by atoms with van der Waals surface area (Å²) in [5.41, 5.74) is 5.89. The summed E-state index contributed by atoms with van der Waals surface area (Å²) in [5.74, 6) is 1.59. The van der Waals surface area contributed by atoms with Gasteiger partial charge in [-0.2, -0.15) is 5.26 Å². The van der Waals surface area contributed by atoms with Crippen LogP contribution in [-0.4, -0.2) is 16.6 Å². The maximum atomic E-state index is 8.70. The zero-order valence-corrected chi connectivity index (χ0v) is 9.71. The minimum atomic E-state index is 0.210. The molecule has 0 radical (unpaired) electrons. The molecule has 5 nitrogen and oxygen atoms in total. The Morgan fingerprint density at radius 2 is 2.06 bits per heavy atom. The van der Waals surface area contributed by atoms with Gasteiger partial charge < -0.3 is 10.5 Å². The molecule has 1 heterocycles. The number of nitrogen functional groups attached to an aromatic ring is 1. The van der Waals surface area contributed by atoms with Gasteiger partial charge in [0.25, 0.3) is 0 Å². The lowest BCUT2D eigenvalue weighted by Crippen LogP contribution is -2.07. The fourth-order valence-electron chi connectivity index (χ4n) is 1.42. The number of nitrogens with two attached hydrogens (primary N) is 1. The van der Waals surface area contributed by atoms with Crippen LogP contribution in [0.3, 0.4) is 0 Å². The van der Waals surface area contributed by atoms with E-state index in [0.717, 1.165) is 5.75 Å². The van der Waals surface area contributed by atoms with Crippen LogP contribution >= 0.6 is 0 Å². The molecule has 0 fully saturated rings. The van der Waals surface area contributed by atoms with E-state index in [1.807, 2.05) is 36.4 Å². The molecular weight excluding hydrogens is 228 g/mol. The quantitative estimate of drug-likeness (QED) is 0.876. The Bertz CT molecular complexity index is 563. The van der Waals surface area contributed by atoms with Crippen molar-refractivity contribution in [2.45, 2.75) is 6.42 Å². The van der Waals surface area contributed by atoms with Crippen LogP contribution in [0.2, 0.25) is 0 Å². The Labute approximate surface area is 105 Å². The van der Waals surface area contributed by atoms with Crippen LogP contribution in [0.15, 0.2) is 36.5 Å². The number of nitrogens with zero attached hydrogens (tertiary/aromatic N) is 3. The summed E-state index contributed by atoms with van der Waals surface area (Å²) in [4.78, 5) is 8.09. The summed E-state index contributed by atoms with van der Waals surface area (Å²) < 4.78 is 5.52. The molecule has 1 aromatic heterocycles. The van der Waals surface area contributed by atoms with Gasteiger partial charge in [-0.25, -0.2) is 9.97 Å². The molecule has 5 heteroatoms. The maximum Gasteiger partial charge on any atom is 0.145 e. The third-order valence-corrected chi connectivity index (χ3v) is 2.33. The van der Waals surface area contributed by atoms with Gasteiger partial charge in [0.1, 0.15) is 29.0 Å². The van der Waals surface area contributed by atoms with Crippen LogP contribution < -0.4 is 10.5 Å². The topological polar surface area (TPSA) is 84.8 Å². The Morgan fingerprint density at radius 1 is 1.28 bits per heavy atom. The highest BCUT2D eigenvalue weighted by Gasteiger charge is 2.03. The average Bonchev–Trinajstić information content (AvgIpc) is 2.40. The van der Waals surface area contributed by atoms with Crippen LogP contribution in [0, 0.1) is 11.3 Å². The molecule has 0 aliphatic carbocycles. The molecule has 18 heavy (non-hydrogen) atoms. The van der Waals surface area contributed by atoms with Gasteiger partial charge in [-0.05, 0) is 12.1 Å². The van der Waals surface area contributed by atoms with Crippen LogP contribution in [0.25, 0.3) is 0 Å². The van der Waals surface area contributed by atoms with Crippen molar-refractivity contribution in [3.05, 3.63) is 47.9 Å². The Morgan fingerprint density at radius 3 is 2.72 bits per heavy atom. The molecule has 2 N–H and O–H groups in total. The first-order valence-electron chi connectivity index (χ1n) is 5.49. The van der Waals surface area contributed by atoms with Crippen molar-refractivity contribution >= 4 is 5.82 Å². The third-order valence-electron chi connectivity index (χ3n) is 2.33. The number of ether oxygens (including phenoxy) is 1. The summed E-state index contributed by atoms with van der Waals surface area (Å²) in [6, 6.07) is 11.4. The largest absolute Gasteiger partial charge is 0.493 e. The van der Waals surface area contributed by atoms with E-state index in [0.29, 0.717) is 24.4 Å². The first kappa shape index (κ1) is 11.9. The summed E-state index contributed by atoms with van der Waals surface area (Å²) >= 11 is 0. The minimum absolute atomic E-state index is 0.210. The van der Waals surface area contributed by atoms with Crippen molar-refractivity contribution in [3.63, 3.8) is 0 Å². The van der Waals surface area contributed by atoms with Gasteiger partial charge in [0.15, 0.2) is 0 Å². The van der Waals surface area contributed by atoms with Crippen molar-refractivity contribution in [1.82, 2.24) is 9.97 Å². The van der Waals surface area contributed by atoms with E-state index < -0.39 is 0 Å². The van der Waals surface area contributed by atoms with Gasteiger partial charge in [-0.3, -0.25) is 0 Å². The van der Waals surface area contributed by atoms with E-state index in [2.05, 4.69) is 9.97 Å². The van der Waals surface area contributed by atoms with Crippen LogP contribution in [0.1, 0.15) is 11.4 Å². The van der Waals surface area contributed by atoms with Gasteiger partial charge in [-0.15, -0.1) is 0 Å². The number of hydrogen-bond acceptors (Lipinski definition) is 5. The lowest BCUT2D eigenvalue weighted by molar-refractivity contribution is 0.319. The summed E-state index contributed by atoms with van der Waals surface area (Å²) in [5, 5.41) is 8.70. The minimum Gasteiger partial charge on any atom is -0.493 e. The Balaban J connectivity index is 1.91. The van der Waals surface area contributed by atoms with E-state index in [9.17, 15) is 0 Å². The standard InChI is InChI=1S/C13H12N4O/c14-8-10-9-16-12(17-13(10)15)6-7-18-11-4-2-1-3-5-11/h1-5,9H,6-7H2,(H2,15,16,17). The smallest absolute Gasteiger partial charge is 0.145 e. The van der Waals surface area contributed by atoms with E-state index in [-0.39, 0.29) is 5.82 Å².